The average Bonchev–Trinajstić information content (AvgIpc) is 2.81. The first-order chi connectivity index (χ1) is 7.84. The molecule has 2 aromatic rings. The molecule has 2 heterocycles. The number of carbonyl (C=O) groups is 1. The van der Waals surface area contributed by atoms with Crippen molar-refractivity contribution >= 4 is 17.1 Å². The first-order valence-electron chi connectivity index (χ1n) is 5.27. The Kier molecular flexibility index (Phi) is 3.83. The van der Waals surface area contributed by atoms with Crippen LogP contribution in [0, 0.1) is 0 Å². The van der Waals surface area contributed by atoms with Crippen LogP contribution in [0.25, 0.3) is 0 Å². The van der Waals surface area contributed by atoms with Gasteiger partial charge in [-0.1, -0.05) is 12.1 Å². The van der Waals surface area contributed by atoms with Crippen LogP contribution in [0.2, 0.25) is 0 Å². The fraction of sp³-hybridized carbons (Fsp3) is 0.231. The molecule has 0 radical (unpaired) electrons. The van der Waals surface area contributed by atoms with Crippen molar-refractivity contribution in [3.05, 3.63) is 52.5 Å². The van der Waals surface area contributed by atoms with E-state index in [-0.39, 0.29) is 5.78 Å². The first-order valence-corrected chi connectivity index (χ1v) is 6.15. The molecule has 0 aliphatic rings. The van der Waals surface area contributed by atoms with E-state index in [1.165, 1.54) is 4.88 Å². The van der Waals surface area contributed by atoms with Gasteiger partial charge in [0.15, 0.2) is 0 Å². The SMILES string of the molecule is O=C(CCc1cccs1)Cc1cccnc1. The third-order valence-electron chi connectivity index (χ3n) is 2.35. The molecule has 82 valence electrons. The van der Waals surface area contributed by atoms with Crippen LogP contribution in [0.15, 0.2) is 42.0 Å². The van der Waals surface area contributed by atoms with Crippen molar-refractivity contribution in [3.8, 4) is 0 Å². The summed E-state index contributed by atoms with van der Waals surface area (Å²) in [7, 11) is 0. The summed E-state index contributed by atoms with van der Waals surface area (Å²) in [6.07, 6.45) is 5.45. The lowest BCUT2D eigenvalue weighted by molar-refractivity contribution is -0.118. The van der Waals surface area contributed by atoms with Gasteiger partial charge in [-0.05, 0) is 29.5 Å². The van der Waals surface area contributed by atoms with Gasteiger partial charge in [-0.25, -0.2) is 0 Å². The summed E-state index contributed by atoms with van der Waals surface area (Å²) in [4.78, 5) is 17.0. The van der Waals surface area contributed by atoms with Gasteiger partial charge in [-0.15, -0.1) is 11.3 Å². The summed E-state index contributed by atoms with van der Waals surface area (Å²) in [5.74, 6) is 0.279. The predicted octanol–water partition coefficient (Wildman–Crippen LogP) is 2.89. The summed E-state index contributed by atoms with van der Waals surface area (Å²) in [5.41, 5.74) is 0.999. The van der Waals surface area contributed by atoms with Gasteiger partial charge in [0.2, 0.25) is 0 Å². The molecule has 2 rings (SSSR count). The molecule has 0 atom stereocenters. The number of hydrogen-bond donors (Lipinski definition) is 0. The summed E-state index contributed by atoms with van der Waals surface area (Å²) in [6.45, 7) is 0. The Balaban J connectivity index is 1.81. The van der Waals surface area contributed by atoms with Crippen LogP contribution >= 0.6 is 11.3 Å². The third-order valence-corrected chi connectivity index (χ3v) is 3.29. The minimum atomic E-state index is 0.279. The maximum absolute atomic E-state index is 11.7. The molecule has 0 aliphatic heterocycles. The number of hydrogen-bond acceptors (Lipinski definition) is 3. The zero-order valence-electron chi connectivity index (χ0n) is 8.93. The Bertz CT molecular complexity index is 436. The summed E-state index contributed by atoms with van der Waals surface area (Å²) in [5, 5.41) is 2.04. The Morgan fingerprint density at radius 3 is 2.94 bits per heavy atom. The lowest BCUT2D eigenvalue weighted by Crippen LogP contribution is -2.03. The van der Waals surface area contributed by atoms with Crippen LogP contribution in [-0.2, 0) is 17.6 Å². The van der Waals surface area contributed by atoms with Crippen LogP contribution in [0.1, 0.15) is 16.9 Å². The second-order valence-corrected chi connectivity index (χ2v) is 4.69. The van der Waals surface area contributed by atoms with Gasteiger partial charge >= 0.3 is 0 Å². The molecule has 0 saturated carbocycles. The largest absolute Gasteiger partial charge is 0.299 e. The first kappa shape index (κ1) is 11.0. The fourth-order valence-corrected chi connectivity index (χ4v) is 2.25. The number of Topliss-reactive ketones (excluding diaryl/α,β-unsaturated/α-hetero) is 1. The highest BCUT2D eigenvalue weighted by Crippen LogP contribution is 2.11. The molecule has 0 aromatic carbocycles. The van der Waals surface area contributed by atoms with Crippen LogP contribution in [0.3, 0.4) is 0 Å². The zero-order chi connectivity index (χ0) is 11.2. The van der Waals surface area contributed by atoms with Crippen LogP contribution in [0.5, 0.6) is 0 Å². The minimum absolute atomic E-state index is 0.279. The second-order valence-electron chi connectivity index (χ2n) is 3.66. The minimum Gasteiger partial charge on any atom is -0.299 e. The van der Waals surface area contributed by atoms with E-state index < -0.39 is 0 Å². The second kappa shape index (κ2) is 5.56. The molecule has 0 fully saturated rings. The predicted molar refractivity (Wildman–Crippen MR) is 65.6 cm³/mol. The average molecular weight is 231 g/mol. The topological polar surface area (TPSA) is 30.0 Å². The fourth-order valence-electron chi connectivity index (χ4n) is 1.54. The molecule has 2 nitrogen and oxygen atoms in total. The number of ketones is 1. The third kappa shape index (κ3) is 3.28. The smallest absolute Gasteiger partial charge is 0.137 e. The molecule has 3 heteroatoms. The maximum Gasteiger partial charge on any atom is 0.137 e. The highest BCUT2D eigenvalue weighted by atomic mass is 32.1. The van der Waals surface area contributed by atoms with Crippen molar-refractivity contribution in [3.63, 3.8) is 0 Å². The van der Waals surface area contributed by atoms with Crippen LogP contribution in [-0.4, -0.2) is 10.8 Å². The van der Waals surface area contributed by atoms with Crippen molar-refractivity contribution in [1.82, 2.24) is 4.98 Å². The lowest BCUT2D eigenvalue weighted by Gasteiger charge is -1.99. The quantitative estimate of drug-likeness (QED) is 0.792. The van der Waals surface area contributed by atoms with E-state index in [1.54, 1.807) is 23.7 Å². The molecule has 0 aliphatic carbocycles. The van der Waals surface area contributed by atoms with Gasteiger partial charge in [-0.2, -0.15) is 0 Å². The number of nitrogens with zero attached hydrogens (tertiary/aromatic N) is 1. The standard InChI is InChI=1S/C13H13NOS/c15-12(5-6-13-4-2-8-16-13)9-11-3-1-7-14-10-11/h1-4,7-8,10H,5-6,9H2. The van der Waals surface area contributed by atoms with Crippen molar-refractivity contribution < 1.29 is 4.79 Å². The monoisotopic (exact) mass is 231 g/mol. The van der Waals surface area contributed by atoms with E-state index in [4.69, 9.17) is 0 Å². The molecule has 0 saturated heterocycles. The van der Waals surface area contributed by atoms with Gasteiger partial charge in [0.05, 0.1) is 0 Å². The highest BCUT2D eigenvalue weighted by Gasteiger charge is 2.04. The summed E-state index contributed by atoms with van der Waals surface area (Å²) in [6, 6.07) is 7.89. The van der Waals surface area contributed by atoms with E-state index in [2.05, 4.69) is 11.1 Å². The van der Waals surface area contributed by atoms with Gasteiger partial charge < -0.3 is 0 Å². The normalized spacial score (nSPS) is 10.2. The Morgan fingerprint density at radius 1 is 1.31 bits per heavy atom. The van der Waals surface area contributed by atoms with Crippen LogP contribution in [0.4, 0.5) is 0 Å². The van der Waals surface area contributed by atoms with Crippen molar-refractivity contribution in [2.45, 2.75) is 19.3 Å². The number of rotatable bonds is 5. The molecule has 0 unspecified atom stereocenters. The van der Waals surface area contributed by atoms with E-state index in [0.29, 0.717) is 12.8 Å². The van der Waals surface area contributed by atoms with E-state index >= 15 is 0 Å². The van der Waals surface area contributed by atoms with Crippen molar-refractivity contribution in [1.29, 1.82) is 0 Å². The molecular formula is C13H13NOS. The molecule has 2 aromatic heterocycles. The van der Waals surface area contributed by atoms with Crippen LogP contribution < -0.4 is 0 Å². The maximum atomic E-state index is 11.7. The van der Waals surface area contributed by atoms with Gasteiger partial charge in [-0.3, -0.25) is 9.78 Å². The lowest BCUT2D eigenvalue weighted by atomic mass is 10.1. The van der Waals surface area contributed by atoms with Gasteiger partial charge in [0, 0.05) is 30.1 Å². The van der Waals surface area contributed by atoms with Gasteiger partial charge in [0.25, 0.3) is 0 Å². The Labute approximate surface area is 99.0 Å². The molecule has 16 heavy (non-hydrogen) atoms. The zero-order valence-corrected chi connectivity index (χ0v) is 9.74. The molecule has 0 spiro atoms. The molecular weight excluding hydrogens is 218 g/mol. The van der Waals surface area contributed by atoms with Crippen molar-refractivity contribution in [2.75, 3.05) is 0 Å². The Hall–Kier alpha value is -1.48. The van der Waals surface area contributed by atoms with Crippen molar-refractivity contribution in [2.24, 2.45) is 0 Å². The highest BCUT2D eigenvalue weighted by molar-refractivity contribution is 7.09. The Morgan fingerprint density at radius 2 is 2.25 bits per heavy atom. The van der Waals surface area contributed by atoms with Gasteiger partial charge in [0.1, 0.15) is 5.78 Å². The van der Waals surface area contributed by atoms with E-state index in [9.17, 15) is 4.79 Å². The van der Waals surface area contributed by atoms with E-state index in [1.807, 2.05) is 23.6 Å². The van der Waals surface area contributed by atoms with E-state index in [0.717, 1.165) is 12.0 Å². The number of pyridine rings is 1. The number of aromatic nitrogens is 1. The number of carbonyl (C=O) groups excluding carboxylic acids is 1. The molecule has 0 amide bonds. The number of aryl methyl sites for hydroxylation is 1. The summed E-state index contributed by atoms with van der Waals surface area (Å²) < 4.78 is 0. The molecule has 0 N–H and O–H groups in total. The summed E-state index contributed by atoms with van der Waals surface area (Å²) >= 11 is 1.71. The molecule has 0 bridgehead atoms. The number of thiophene rings is 1.